The van der Waals surface area contributed by atoms with E-state index in [2.05, 4.69) is 14.9 Å². The molecule has 0 bridgehead atoms. The van der Waals surface area contributed by atoms with Crippen molar-refractivity contribution in [3.8, 4) is 17.2 Å². The summed E-state index contributed by atoms with van der Waals surface area (Å²) in [6.07, 6.45) is 4.08. The normalized spacial score (nSPS) is 15.8. The van der Waals surface area contributed by atoms with Crippen LogP contribution >= 0.6 is 0 Å². The molecule has 1 atom stereocenters. The highest BCUT2D eigenvalue weighted by atomic mass is 16.6. The minimum atomic E-state index is -0.581. The Morgan fingerprint density at radius 3 is 2.45 bits per heavy atom. The summed E-state index contributed by atoms with van der Waals surface area (Å²) in [5, 5.41) is 0. The van der Waals surface area contributed by atoms with Gasteiger partial charge in [-0.3, -0.25) is 14.0 Å². The Balaban J connectivity index is 1.22. The van der Waals surface area contributed by atoms with Crippen LogP contribution < -0.4 is 10.4 Å². The summed E-state index contributed by atoms with van der Waals surface area (Å²) in [6.45, 7) is 7.53. The molecule has 1 fully saturated rings. The number of para-hydroxylation sites is 1. The number of carbonyl (C=O) groups excluding carboxylic acids is 1. The SMILES string of the molecule is Cn1c(C(=O)OC(C)(C)C)cnc1CN1CCC(n2c(=O)n(-c3ccc(Oc4ccccc4)cc3)c3cccnc32)C1. The zero-order chi connectivity index (χ0) is 29.4. The second-order valence-electron chi connectivity index (χ2n) is 11.5. The third-order valence-corrected chi connectivity index (χ3v) is 7.38. The van der Waals surface area contributed by atoms with Crippen molar-refractivity contribution in [2.45, 2.75) is 45.4 Å². The van der Waals surface area contributed by atoms with Gasteiger partial charge >= 0.3 is 11.7 Å². The lowest BCUT2D eigenvalue weighted by Gasteiger charge is -2.20. The first kappa shape index (κ1) is 27.5. The van der Waals surface area contributed by atoms with Crippen LogP contribution in [0.4, 0.5) is 0 Å². The van der Waals surface area contributed by atoms with Crippen LogP contribution in [0.1, 0.15) is 49.5 Å². The third-order valence-electron chi connectivity index (χ3n) is 7.38. The van der Waals surface area contributed by atoms with E-state index in [4.69, 9.17) is 9.47 Å². The van der Waals surface area contributed by atoms with Crippen LogP contribution in [0.5, 0.6) is 11.5 Å². The summed E-state index contributed by atoms with van der Waals surface area (Å²) in [6, 6.07) is 20.8. The van der Waals surface area contributed by atoms with E-state index in [-0.39, 0.29) is 11.7 Å². The fourth-order valence-corrected chi connectivity index (χ4v) is 5.40. The maximum absolute atomic E-state index is 13.9. The Morgan fingerprint density at radius 1 is 0.976 bits per heavy atom. The first-order valence-corrected chi connectivity index (χ1v) is 14.1. The van der Waals surface area contributed by atoms with Crippen molar-refractivity contribution in [2.24, 2.45) is 7.05 Å². The number of hydrogen-bond donors (Lipinski definition) is 0. The van der Waals surface area contributed by atoms with Gasteiger partial charge in [0, 0.05) is 26.3 Å². The fraction of sp³-hybridized carbons (Fsp3) is 0.312. The molecule has 216 valence electrons. The number of hydrogen-bond acceptors (Lipinski definition) is 7. The minimum Gasteiger partial charge on any atom is -0.457 e. The summed E-state index contributed by atoms with van der Waals surface area (Å²) in [5.74, 6) is 1.81. The molecule has 1 aliphatic heterocycles. The number of rotatable bonds is 7. The second kappa shape index (κ2) is 10.9. The molecule has 42 heavy (non-hydrogen) atoms. The van der Waals surface area contributed by atoms with E-state index >= 15 is 0 Å². The average Bonchev–Trinajstić information content (AvgIpc) is 3.64. The van der Waals surface area contributed by atoms with Gasteiger partial charge in [-0.15, -0.1) is 0 Å². The van der Waals surface area contributed by atoms with E-state index in [0.717, 1.165) is 35.7 Å². The van der Waals surface area contributed by atoms with Crippen LogP contribution in [0.2, 0.25) is 0 Å². The summed E-state index contributed by atoms with van der Waals surface area (Å²) in [5.41, 5.74) is 1.86. The molecule has 0 aliphatic carbocycles. The Labute approximate surface area is 243 Å². The molecule has 4 heterocycles. The summed E-state index contributed by atoms with van der Waals surface area (Å²) in [7, 11) is 1.83. The van der Waals surface area contributed by atoms with Gasteiger partial charge in [0.1, 0.15) is 28.6 Å². The van der Waals surface area contributed by atoms with Gasteiger partial charge in [-0.25, -0.2) is 19.6 Å². The topological polar surface area (TPSA) is 96.4 Å². The zero-order valence-electron chi connectivity index (χ0n) is 24.2. The van der Waals surface area contributed by atoms with Crippen molar-refractivity contribution < 1.29 is 14.3 Å². The predicted octanol–water partition coefficient (Wildman–Crippen LogP) is 5.12. The summed E-state index contributed by atoms with van der Waals surface area (Å²) < 4.78 is 16.8. The van der Waals surface area contributed by atoms with Crippen LogP contribution in [0, 0.1) is 0 Å². The van der Waals surface area contributed by atoms with Crippen molar-refractivity contribution >= 4 is 17.1 Å². The van der Waals surface area contributed by atoms with Crippen LogP contribution in [0.15, 0.2) is 83.9 Å². The van der Waals surface area contributed by atoms with E-state index in [1.165, 1.54) is 0 Å². The predicted molar refractivity (Wildman–Crippen MR) is 159 cm³/mol. The average molecular weight is 567 g/mol. The van der Waals surface area contributed by atoms with Crippen molar-refractivity contribution in [1.82, 2.24) is 28.6 Å². The maximum Gasteiger partial charge on any atom is 0.357 e. The highest BCUT2D eigenvalue weighted by Gasteiger charge is 2.30. The number of imidazole rings is 2. The Kier molecular flexibility index (Phi) is 7.16. The molecule has 5 aromatic rings. The van der Waals surface area contributed by atoms with Crippen LogP contribution in [0.3, 0.4) is 0 Å². The molecule has 6 rings (SSSR count). The maximum atomic E-state index is 13.9. The van der Waals surface area contributed by atoms with E-state index in [0.29, 0.717) is 30.2 Å². The van der Waals surface area contributed by atoms with Gasteiger partial charge in [0.25, 0.3) is 0 Å². The smallest absolute Gasteiger partial charge is 0.357 e. The van der Waals surface area contributed by atoms with Gasteiger partial charge in [0.2, 0.25) is 0 Å². The zero-order valence-corrected chi connectivity index (χ0v) is 24.2. The number of aromatic nitrogens is 5. The van der Waals surface area contributed by atoms with E-state index in [9.17, 15) is 9.59 Å². The van der Waals surface area contributed by atoms with Gasteiger partial charge in [0.05, 0.1) is 30.0 Å². The Bertz CT molecular complexity index is 1780. The van der Waals surface area contributed by atoms with Crippen molar-refractivity contribution in [2.75, 3.05) is 13.1 Å². The number of ether oxygens (including phenoxy) is 2. The van der Waals surface area contributed by atoms with Crippen molar-refractivity contribution in [3.63, 3.8) is 0 Å². The number of pyridine rings is 1. The molecule has 10 heteroatoms. The van der Waals surface area contributed by atoms with Gasteiger partial charge in [-0.05, 0) is 75.7 Å². The summed E-state index contributed by atoms with van der Waals surface area (Å²) >= 11 is 0. The van der Waals surface area contributed by atoms with Crippen molar-refractivity contribution in [1.29, 1.82) is 0 Å². The van der Waals surface area contributed by atoms with Gasteiger partial charge in [0.15, 0.2) is 5.65 Å². The monoisotopic (exact) mass is 566 g/mol. The number of fused-ring (bicyclic) bond motifs is 1. The minimum absolute atomic E-state index is 0.0533. The molecule has 10 nitrogen and oxygen atoms in total. The standard InChI is InChI=1S/C32H34N6O4/c1-32(2,3)42-30(39)27-19-34-28(35(27)4)21-36-18-16-23(20-36)38-29-26(11-8-17-33-29)37(31(38)40)22-12-14-25(15-13-22)41-24-9-6-5-7-10-24/h5-15,17,19,23H,16,18,20-21H2,1-4H3. The molecule has 2 aromatic carbocycles. The Morgan fingerprint density at radius 2 is 1.71 bits per heavy atom. The summed E-state index contributed by atoms with van der Waals surface area (Å²) in [4.78, 5) is 37.9. The first-order chi connectivity index (χ1) is 20.2. The van der Waals surface area contributed by atoms with E-state index in [1.54, 1.807) is 21.5 Å². The molecule has 0 N–H and O–H groups in total. The van der Waals surface area contributed by atoms with Gasteiger partial charge < -0.3 is 14.0 Å². The Hall–Kier alpha value is -4.70. The molecule has 1 saturated heterocycles. The lowest BCUT2D eigenvalue weighted by atomic mass is 10.2. The van der Waals surface area contributed by atoms with Crippen LogP contribution in [-0.2, 0) is 18.3 Å². The first-order valence-electron chi connectivity index (χ1n) is 14.1. The number of nitrogens with zero attached hydrogens (tertiary/aromatic N) is 6. The van der Waals surface area contributed by atoms with E-state index < -0.39 is 11.6 Å². The molecule has 0 amide bonds. The molecule has 1 unspecified atom stereocenters. The number of benzene rings is 2. The molecule has 1 aliphatic rings. The largest absolute Gasteiger partial charge is 0.457 e. The molecule has 0 radical (unpaired) electrons. The third kappa shape index (κ3) is 5.45. The van der Waals surface area contributed by atoms with Crippen LogP contribution in [0.25, 0.3) is 16.9 Å². The fourth-order valence-electron chi connectivity index (χ4n) is 5.40. The molecule has 0 spiro atoms. The number of carbonyl (C=O) groups is 1. The van der Waals surface area contributed by atoms with Crippen molar-refractivity contribution in [3.05, 3.63) is 101 Å². The number of likely N-dealkylation sites (tertiary alicyclic amines) is 1. The second-order valence-corrected chi connectivity index (χ2v) is 11.5. The highest BCUT2D eigenvalue weighted by Crippen LogP contribution is 2.28. The molecular weight excluding hydrogens is 532 g/mol. The van der Waals surface area contributed by atoms with E-state index in [1.807, 2.05) is 99.1 Å². The highest BCUT2D eigenvalue weighted by molar-refractivity contribution is 5.87. The van der Waals surface area contributed by atoms with Crippen LogP contribution in [-0.4, -0.2) is 53.2 Å². The molecule has 0 saturated carbocycles. The lowest BCUT2D eigenvalue weighted by Crippen LogP contribution is -2.29. The van der Waals surface area contributed by atoms with Gasteiger partial charge in [-0.2, -0.15) is 0 Å². The molecular formula is C32H34N6O4. The number of esters is 1. The quantitative estimate of drug-likeness (QED) is 0.253. The lowest BCUT2D eigenvalue weighted by molar-refractivity contribution is 0.00583. The molecule has 3 aromatic heterocycles. The van der Waals surface area contributed by atoms with Gasteiger partial charge in [-0.1, -0.05) is 18.2 Å².